The fourth-order valence-corrected chi connectivity index (χ4v) is 8.72. The molecule has 0 bridgehead atoms. The van der Waals surface area contributed by atoms with E-state index in [0.29, 0.717) is 29.7 Å². The van der Waals surface area contributed by atoms with Crippen LogP contribution in [0.5, 0.6) is 5.75 Å². The minimum atomic E-state index is -0.977. The molecule has 5 aromatic rings. The van der Waals surface area contributed by atoms with Crippen LogP contribution in [0, 0.1) is 19.3 Å². The summed E-state index contributed by atoms with van der Waals surface area (Å²) in [7, 11) is 0. The van der Waals surface area contributed by atoms with Gasteiger partial charge in [-0.25, -0.2) is 9.78 Å². The van der Waals surface area contributed by atoms with Gasteiger partial charge in [0.05, 0.1) is 40.4 Å². The van der Waals surface area contributed by atoms with Crippen molar-refractivity contribution >= 4 is 51.8 Å². The Morgan fingerprint density at radius 2 is 1.70 bits per heavy atom. The summed E-state index contributed by atoms with van der Waals surface area (Å²) in [5.41, 5.74) is 7.09. The second kappa shape index (κ2) is 20.4. The van der Waals surface area contributed by atoms with Gasteiger partial charge in [0.15, 0.2) is 6.61 Å². The molecule has 4 N–H and O–H groups in total. The number of thiazole rings is 1. The maximum Gasteiger partial charge on any atom is 0.340 e. The monoisotopic (exact) mass is 878 g/mol. The van der Waals surface area contributed by atoms with E-state index in [9.17, 15) is 29.1 Å². The largest absolute Gasteiger partial charge is 0.484 e. The van der Waals surface area contributed by atoms with Crippen molar-refractivity contribution in [2.45, 2.75) is 98.5 Å². The van der Waals surface area contributed by atoms with E-state index in [1.54, 1.807) is 30.4 Å². The summed E-state index contributed by atoms with van der Waals surface area (Å²) in [6.45, 7) is 13.6. The Bertz CT molecular complexity index is 2420. The second-order valence-electron chi connectivity index (χ2n) is 17.1. The zero-order chi connectivity index (χ0) is 45.4. The van der Waals surface area contributed by atoms with Gasteiger partial charge in [-0.2, -0.15) is 0 Å². The quantitative estimate of drug-likeness (QED) is 0.0620. The van der Waals surface area contributed by atoms with Crippen LogP contribution in [-0.2, 0) is 30.5 Å². The van der Waals surface area contributed by atoms with E-state index in [-0.39, 0.29) is 57.0 Å². The lowest BCUT2D eigenvalue weighted by Crippen LogP contribution is -2.57. The molecule has 2 aromatic heterocycles. The number of fused-ring (bicyclic) bond motifs is 1. The fourth-order valence-electron chi connectivity index (χ4n) is 7.91. The van der Waals surface area contributed by atoms with Gasteiger partial charge in [-0.3, -0.25) is 19.2 Å². The van der Waals surface area contributed by atoms with Crippen LogP contribution in [0.3, 0.4) is 0 Å². The Morgan fingerprint density at radius 3 is 2.37 bits per heavy atom. The predicted octanol–water partition coefficient (Wildman–Crippen LogP) is 6.25. The molecule has 0 saturated carbocycles. The molecule has 0 unspecified atom stereocenters. The van der Waals surface area contributed by atoms with Gasteiger partial charge in [0.1, 0.15) is 17.8 Å². The summed E-state index contributed by atoms with van der Waals surface area (Å²) in [4.78, 5) is 73.6. The average Bonchev–Trinajstić information content (AvgIpc) is 3.94. The van der Waals surface area contributed by atoms with Crippen LogP contribution >= 0.6 is 11.3 Å². The van der Waals surface area contributed by atoms with E-state index in [4.69, 9.17) is 9.47 Å². The smallest absolute Gasteiger partial charge is 0.340 e. The summed E-state index contributed by atoms with van der Waals surface area (Å²) >= 11 is 1.57. The van der Waals surface area contributed by atoms with Crippen molar-refractivity contribution in [1.29, 1.82) is 0 Å². The first-order valence-corrected chi connectivity index (χ1v) is 22.3. The Balaban J connectivity index is 0.997. The number of nitrogens with zero attached hydrogens (tertiary/aromatic N) is 3. The molecule has 6 rings (SSSR count). The maximum absolute atomic E-state index is 14.1. The highest BCUT2D eigenvalue weighted by Gasteiger charge is 2.44. The minimum Gasteiger partial charge on any atom is -0.484 e. The van der Waals surface area contributed by atoms with E-state index in [2.05, 4.69) is 25.5 Å². The molecule has 1 fully saturated rings. The third-order valence-electron chi connectivity index (χ3n) is 11.3. The summed E-state index contributed by atoms with van der Waals surface area (Å²) in [5, 5.41) is 20.0. The average molecular weight is 879 g/mol. The molecule has 3 aromatic carbocycles. The van der Waals surface area contributed by atoms with Crippen LogP contribution in [0.2, 0.25) is 0 Å². The van der Waals surface area contributed by atoms with Crippen LogP contribution < -0.4 is 20.7 Å². The number of β-amino-alcohol motifs (C(OH)–C–C–N with tert-alkyl or cyclic N) is 1. The van der Waals surface area contributed by atoms with Crippen molar-refractivity contribution in [2.75, 3.05) is 26.3 Å². The molecule has 4 atom stereocenters. The standard InChI is InChI=1S/C48H58N6O8S/c1-8-61-47(60)42-31(4)53(25-32-13-10-9-11-14-32)38-21-20-36(24-37(38)42)62-27-41(57)49-22-12-15-40(56)52-44(48(5,6)7)46(59)54-26-35(55)23-39(54)45(58)51-29(2)33-16-18-34(19-17-33)43-30(3)50-28-63-43/h9-11,13-14,16-21,24,28-29,35,39,44,55H,8,12,15,22-23,25-27H2,1-7H3,(H,49,57)(H,51,58)(H,52,56)/t29-,35+,39-,44+/m0/s1. The summed E-state index contributed by atoms with van der Waals surface area (Å²) in [6.07, 6.45) is -0.499. The lowest BCUT2D eigenvalue weighted by Gasteiger charge is -2.35. The van der Waals surface area contributed by atoms with E-state index in [1.807, 2.05) is 108 Å². The van der Waals surface area contributed by atoms with Crippen molar-refractivity contribution in [1.82, 2.24) is 30.4 Å². The number of aliphatic hydroxyl groups is 1. The van der Waals surface area contributed by atoms with Crippen molar-refractivity contribution in [3.63, 3.8) is 0 Å². The number of esters is 1. The lowest BCUT2D eigenvalue weighted by molar-refractivity contribution is -0.144. The van der Waals surface area contributed by atoms with Gasteiger partial charge >= 0.3 is 5.97 Å². The molecule has 0 spiro atoms. The highest BCUT2D eigenvalue weighted by Crippen LogP contribution is 2.32. The SMILES string of the molecule is CCOC(=O)c1c(C)n(Cc2ccccc2)c2ccc(OCC(=O)NCCCC(=O)N[C@H](C(=O)N3C[C@H](O)C[C@H]3C(=O)N[C@@H](C)c3ccc(-c4scnc4C)cc3)C(C)(C)C)cc12. The normalized spacial score (nSPS) is 16.0. The summed E-state index contributed by atoms with van der Waals surface area (Å²) < 4.78 is 13.3. The number of likely N-dealkylation sites (tertiary alicyclic amines) is 1. The van der Waals surface area contributed by atoms with Gasteiger partial charge in [0.25, 0.3) is 5.91 Å². The number of nitrogens with one attached hydrogen (secondary N) is 3. The van der Waals surface area contributed by atoms with Gasteiger partial charge in [0, 0.05) is 49.1 Å². The molecule has 334 valence electrons. The van der Waals surface area contributed by atoms with Gasteiger partial charge in [-0.15, -0.1) is 11.3 Å². The molecule has 0 radical (unpaired) electrons. The molecule has 3 heterocycles. The Kier molecular flexibility index (Phi) is 15.1. The molecule has 1 saturated heterocycles. The first-order valence-electron chi connectivity index (χ1n) is 21.4. The molecule has 0 aliphatic carbocycles. The third-order valence-corrected chi connectivity index (χ3v) is 12.3. The first-order chi connectivity index (χ1) is 30.0. The first kappa shape index (κ1) is 46.4. The molecular weight excluding hydrogens is 821 g/mol. The third kappa shape index (κ3) is 11.3. The second-order valence-corrected chi connectivity index (χ2v) is 17.9. The van der Waals surface area contributed by atoms with Crippen LogP contribution in [0.25, 0.3) is 21.3 Å². The zero-order valence-corrected chi connectivity index (χ0v) is 37.8. The van der Waals surface area contributed by atoms with Gasteiger partial charge < -0.3 is 40.0 Å². The van der Waals surface area contributed by atoms with Gasteiger partial charge in [0.2, 0.25) is 17.7 Å². The van der Waals surface area contributed by atoms with Gasteiger partial charge in [-0.1, -0.05) is 75.4 Å². The van der Waals surface area contributed by atoms with Crippen molar-refractivity contribution < 1.29 is 38.6 Å². The van der Waals surface area contributed by atoms with Crippen LogP contribution in [0.4, 0.5) is 0 Å². The number of aromatic nitrogens is 2. The van der Waals surface area contributed by atoms with E-state index in [0.717, 1.165) is 38.5 Å². The highest BCUT2D eigenvalue weighted by atomic mass is 32.1. The number of ether oxygens (including phenoxy) is 2. The topological polar surface area (TPSA) is 181 Å². The number of hydrogen-bond donors (Lipinski definition) is 4. The van der Waals surface area contributed by atoms with Crippen LogP contribution in [0.1, 0.15) is 92.8 Å². The van der Waals surface area contributed by atoms with E-state index in [1.165, 1.54) is 4.90 Å². The maximum atomic E-state index is 14.1. The van der Waals surface area contributed by atoms with E-state index >= 15 is 0 Å². The molecule has 15 heteroatoms. The molecule has 4 amide bonds. The molecular formula is C48H58N6O8S. The Morgan fingerprint density at radius 1 is 0.968 bits per heavy atom. The number of hydrogen-bond acceptors (Lipinski definition) is 10. The number of carbonyl (C=O) groups is 5. The molecule has 63 heavy (non-hydrogen) atoms. The fraction of sp³-hybridized carbons (Fsp3) is 0.417. The molecule has 14 nitrogen and oxygen atoms in total. The number of benzene rings is 3. The number of aliphatic hydroxyl groups excluding tert-OH is 1. The zero-order valence-electron chi connectivity index (χ0n) is 37.0. The van der Waals surface area contributed by atoms with Crippen LogP contribution in [-0.4, -0.2) is 93.6 Å². The van der Waals surface area contributed by atoms with Crippen molar-refractivity contribution in [2.24, 2.45) is 5.41 Å². The number of amides is 4. The predicted molar refractivity (Wildman–Crippen MR) is 242 cm³/mol. The van der Waals surface area contributed by atoms with Crippen molar-refractivity contribution in [3.8, 4) is 16.2 Å². The molecule has 1 aliphatic rings. The number of rotatable bonds is 17. The Labute approximate surface area is 372 Å². The number of aryl methyl sites for hydroxylation is 1. The Hall–Kier alpha value is -6.06. The summed E-state index contributed by atoms with van der Waals surface area (Å²) in [6, 6.07) is 20.9. The van der Waals surface area contributed by atoms with Crippen molar-refractivity contribution in [3.05, 3.63) is 106 Å². The van der Waals surface area contributed by atoms with Gasteiger partial charge in [-0.05, 0) is 74.4 Å². The summed E-state index contributed by atoms with van der Waals surface area (Å²) in [5.74, 6) is -1.65. The van der Waals surface area contributed by atoms with E-state index < -0.39 is 41.4 Å². The number of carbonyl (C=O) groups excluding carboxylic acids is 5. The molecule has 1 aliphatic heterocycles. The lowest BCUT2D eigenvalue weighted by atomic mass is 9.85. The minimum absolute atomic E-state index is 0.0268. The van der Waals surface area contributed by atoms with Crippen LogP contribution in [0.15, 0.2) is 78.3 Å². The highest BCUT2D eigenvalue weighted by molar-refractivity contribution is 7.13.